The molecule has 5 nitrogen and oxygen atoms in total. The summed E-state index contributed by atoms with van der Waals surface area (Å²) in [5, 5.41) is 8.76. The Morgan fingerprint density at radius 2 is 2.10 bits per heavy atom. The number of ether oxygens (including phenoxy) is 2. The minimum Gasteiger partial charge on any atom is -0.491 e. The molecule has 1 rings (SSSR count). The van der Waals surface area contributed by atoms with Crippen LogP contribution in [0.5, 0.6) is 5.75 Å². The van der Waals surface area contributed by atoms with Gasteiger partial charge < -0.3 is 20.1 Å². The zero-order valence-electron chi connectivity index (χ0n) is 12.3. The molecule has 0 atom stereocenters. The predicted molar refractivity (Wildman–Crippen MR) is 81.0 cm³/mol. The highest BCUT2D eigenvalue weighted by Gasteiger charge is 2.13. The lowest BCUT2D eigenvalue weighted by atomic mass is 10.2. The predicted octanol–water partition coefficient (Wildman–Crippen LogP) is 2.42. The molecule has 0 aliphatic carbocycles. The molecule has 1 aromatic carbocycles. The molecule has 0 aliphatic rings. The first-order chi connectivity index (χ1) is 9.74. The fourth-order valence-electron chi connectivity index (χ4n) is 1.89. The Bertz CT molecular complexity index is 443. The van der Waals surface area contributed by atoms with E-state index in [1.54, 1.807) is 7.11 Å². The molecule has 0 heterocycles. The summed E-state index contributed by atoms with van der Waals surface area (Å²) in [6.07, 6.45) is 1.38. The van der Waals surface area contributed by atoms with Crippen LogP contribution in [0.1, 0.15) is 19.8 Å². The quantitative estimate of drug-likeness (QED) is 0.702. The van der Waals surface area contributed by atoms with Crippen molar-refractivity contribution in [3.8, 4) is 11.8 Å². The van der Waals surface area contributed by atoms with Crippen molar-refractivity contribution in [2.75, 3.05) is 44.0 Å². The fraction of sp³-hybridized carbons (Fsp3) is 0.533. The molecule has 0 bridgehead atoms. The first kappa shape index (κ1) is 16.1. The minimum atomic E-state index is 0.448. The van der Waals surface area contributed by atoms with Crippen LogP contribution in [0.25, 0.3) is 0 Å². The molecule has 110 valence electrons. The number of anilines is 2. The Hall–Kier alpha value is -1.93. The van der Waals surface area contributed by atoms with Gasteiger partial charge in [-0.25, -0.2) is 0 Å². The smallest absolute Gasteiger partial charge is 0.144 e. The number of para-hydroxylation sites is 1. The Kier molecular flexibility index (Phi) is 7.30. The Morgan fingerprint density at radius 3 is 2.75 bits per heavy atom. The number of nitriles is 1. The van der Waals surface area contributed by atoms with Gasteiger partial charge in [-0.05, 0) is 18.6 Å². The van der Waals surface area contributed by atoms with Crippen LogP contribution in [0.15, 0.2) is 18.2 Å². The van der Waals surface area contributed by atoms with Crippen molar-refractivity contribution >= 4 is 11.4 Å². The van der Waals surface area contributed by atoms with Gasteiger partial charge in [0, 0.05) is 20.2 Å². The van der Waals surface area contributed by atoms with Crippen LogP contribution in [-0.2, 0) is 4.74 Å². The summed E-state index contributed by atoms with van der Waals surface area (Å²) in [4.78, 5) is 2.06. The molecule has 2 N–H and O–H groups in total. The van der Waals surface area contributed by atoms with E-state index >= 15 is 0 Å². The first-order valence-electron chi connectivity index (χ1n) is 6.86. The average molecular weight is 277 g/mol. The summed E-state index contributed by atoms with van der Waals surface area (Å²) in [6.45, 7) is 4.60. The summed E-state index contributed by atoms with van der Waals surface area (Å²) in [7, 11) is 1.66. The molecular formula is C15H23N3O2. The van der Waals surface area contributed by atoms with Crippen molar-refractivity contribution in [1.82, 2.24) is 0 Å². The second-order valence-electron chi connectivity index (χ2n) is 4.43. The van der Waals surface area contributed by atoms with Crippen LogP contribution in [0.2, 0.25) is 0 Å². The molecule has 5 heteroatoms. The van der Waals surface area contributed by atoms with Crippen LogP contribution >= 0.6 is 0 Å². The van der Waals surface area contributed by atoms with Gasteiger partial charge in [0.05, 0.1) is 37.1 Å². The molecule has 1 aromatic rings. The summed E-state index contributed by atoms with van der Waals surface area (Å²) in [5.41, 5.74) is 7.69. The monoisotopic (exact) mass is 277 g/mol. The molecule has 20 heavy (non-hydrogen) atoms. The largest absolute Gasteiger partial charge is 0.491 e. The molecule has 0 aromatic heterocycles. The van der Waals surface area contributed by atoms with E-state index in [1.165, 1.54) is 0 Å². The second-order valence-corrected chi connectivity index (χ2v) is 4.43. The highest BCUT2D eigenvalue weighted by atomic mass is 16.5. The van der Waals surface area contributed by atoms with Gasteiger partial charge >= 0.3 is 0 Å². The van der Waals surface area contributed by atoms with E-state index in [4.69, 9.17) is 20.5 Å². The van der Waals surface area contributed by atoms with Crippen molar-refractivity contribution in [3.05, 3.63) is 18.2 Å². The number of nitrogens with two attached hydrogens (primary N) is 1. The Labute approximate surface area is 120 Å². The minimum absolute atomic E-state index is 0.448. The number of benzene rings is 1. The number of hydrogen-bond acceptors (Lipinski definition) is 5. The number of nitrogens with zero attached hydrogens (tertiary/aromatic N) is 2. The summed E-state index contributed by atoms with van der Waals surface area (Å²) in [6, 6.07) is 7.89. The van der Waals surface area contributed by atoms with E-state index in [2.05, 4.69) is 17.9 Å². The van der Waals surface area contributed by atoms with Gasteiger partial charge in [0.25, 0.3) is 0 Å². The molecule has 0 amide bonds. The van der Waals surface area contributed by atoms with Crippen molar-refractivity contribution in [2.45, 2.75) is 19.8 Å². The fourth-order valence-corrected chi connectivity index (χ4v) is 1.89. The molecule has 0 saturated heterocycles. The van der Waals surface area contributed by atoms with Gasteiger partial charge in [0.15, 0.2) is 0 Å². The lowest BCUT2D eigenvalue weighted by molar-refractivity contribution is 0.205. The topological polar surface area (TPSA) is 71.5 Å². The van der Waals surface area contributed by atoms with Crippen molar-refractivity contribution < 1.29 is 9.47 Å². The Morgan fingerprint density at radius 1 is 1.30 bits per heavy atom. The van der Waals surface area contributed by atoms with Crippen LogP contribution in [-0.4, -0.2) is 33.4 Å². The van der Waals surface area contributed by atoms with E-state index in [0.717, 1.165) is 12.1 Å². The third kappa shape index (κ3) is 4.63. The highest BCUT2D eigenvalue weighted by Crippen LogP contribution is 2.32. The summed E-state index contributed by atoms with van der Waals surface area (Å²) < 4.78 is 10.7. The molecule has 0 radical (unpaired) electrons. The number of methoxy groups -OCH3 is 1. The maximum Gasteiger partial charge on any atom is 0.144 e. The van der Waals surface area contributed by atoms with Gasteiger partial charge in [0.2, 0.25) is 0 Å². The SMILES string of the molecule is CCCOc1cccc(N(CCC#N)CCOC)c1N. The number of hydrogen-bond donors (Lipinski definition) is 1. The molecular weight excluding hydrogens is 254 g/mol. The normalized spacial score (nSPS) is 10.1. The van der Waals surface area contributed by atoms with E-state index in [-0.39, 0.29) is 0 Å². The number of nitrogen functional groups attached to an aromatic ring is 1. The van der Waals surface area contributed by atoms with Crippen molar-refractivity contribution in [2.24, 2.45) is 0 Å². The third-order valence-electron chi connectivity index (χ3n) is 2.90. The molecule has 0 fully saturated rings. The van der Waals surface area contributed by atoms with Crippen molar-refractivity contribution in [1.29, 1.82) is 5.26 Å². The summed E-state index contributed by atoms with van der Waals surface area (Å²) >= 11 is 0. The standard InChI is InChI=1S/C15H23N3O2/c1-3-11-20-14-7-4-6-13(15(14)17)18(9-5-8-16)10-12-19-2/h4,6-7H,3,5,9-12,17H2,1-2H3. The number of rotatable bonds is 9. The van der Waals surface area contributed by atoms with E-state index < -0.39 is 0 Å². The van der Waals surface area contributed by atoms with Gasteiger partial charge in [-0.15, -0.1) is 0 Å². The Balaban J connectivity index is 2.90. The average Bonchev–Trinajstić information content (AvgIpc) is 2.47. The molecule has 0 spiro atoms. The lowest BCUT2D eigenvalue weighted by Crippen LogP contribution is -2.29. The van der Waals surface area contributed by atoms with E-state index in [9.17, 15) is 0 Å². The molecule has 0 aliphatic heterocycles. The van der Waals surface area contributed by atoms with Crippen LogP contribution in [0.3, 0.4) is 0 Å². The van der Waals surface area contributed by atoms with Gasteiger partial charge in [-0.2, -0.15) is 5.26 Å². The maximum absolute atomic E-state index is 8.76. The zero-order valence-corrected chi connectivity index (χ0v) is 12.3. The van der Waals surface area contributed by atoms with Gasteiger partial charge in [-0.1, -0.05) is 13.0 Å². The zero-order chi connectivity index (χ0) is 14.8. The third-order valence-corrected chi connectivity index (χ3v) is 2.90. The van der Waals surface area contributed by atoms with E-state index in [1.807, 2.05) is 18.2 Å². The summed E-state index contributed by atoms with van der Waals surface area (Å²) in [5.74, 6) is 0.698. The molecule has 0 saturated carbocycles. The van der Waals surface area contributed by atoms with E-state index in [0.29, 0.717) is 44.2 Å². The van der Waals surface area contributed by atoms with Crippen LogP contribution < -0.4 is 15.4 Å². The van der Waals surface area contributed by atoms with Crippen LogP contribution in [0, 0.1) is 11.3 Å². The lowest BCUT2D eigenvalue weighted by Gasteiger charge is -2.25. The second kappa shape index (κ2) is 9.05. The van der Waals surface area contributed by atoms with Gasteiger partial charge in [-0.3, -0.25) is 0 Å². The highest BCUT2D eigenvalue weighted by molar-refractivity contribution is 5.74. The van der Waals surface area contributed by atoms with Crippen LogP contribution in [0.4, 0.5) is 11.4 Å². The van der Waals surface area contributed by atoms with Crippen molar-refractivity contribution in [3.63, 3.8) is 0 Å². The van der Waals surface area contributed by atoms with Gasteiger partial charge in [0.1, 0.15) is 5.75 Å². The molecule has 0 unspecified atom stereocenters. The maximum atomic E-state index is 8.76. The first-order valence-corrected chi connectivity index (χ1v) is 6.86.